The summed E-state index contributed by atoms with van der Waals surface area (Å²) in [6, 6.07) is 13.8. The molecule has 1 N–H and O–H groups in total. The van der Waals surface area contributed by atoms with Crippen molar-refractivity contribution in [1.29, 1.82) is 0 Å². The maximum absolute atomic E-state index is 13.8. The van der Waals surface area contributed by atoms with E-state index in [4.69, 9.17) is 9.26 Å². The van der Waals surface area contributed by atoms with Crippen LogP contribution in [0.4, 0.5) is 5.69 Å². The van der Waals surface area contributed by atoms with Crippen LogP contribution >= 0.6 is 0 Å². The van der Waals surface area contributed by atoms with Crippen LogP contribution < -0.4 is 4.72 Å². The van der Waals surface area contributed by atoms with Gasteiger partial charge in [-0.25, -0.2) is 13.2 Å². The number of ether oxygens (including phenoxy) is 1. The number of pyridine rings is 1. The molecule has 0 atom stereocenters. The number of benzene rings is 2. The monoisotopic (exact) mass is 489 g/mol. The second kappa shape index (κ2) is 8.99. The molecule has 4 aromatic rings. The van der Waals surface area contributed by atoms with Crippen molar-refractivity contribution in [3.63, 3.8) is 0 Å². The van der Waals surface area contributed by atoms with Gasteiger partial charge in [0.05, 0.1) is 29.5 Å². The SMILES string of the molecule is COC(=O)c1ccc(C2CC2)c(S(=O)(=O)Nc2cc(-c3cnoc3C)ccc2-c2cccnc2)c1. The van der Waals surface area contributed by atoms with E-state index < -0.39 is 16.0 Å². The van der Waals surface area contributed by atoms with Gasteiger partial charge in [0.15, 0.2) is 0 Å². The van der Waals surface area contributed by atoms with Crippen LogP contribution in [0.15, 0.2) is 76.5 Å². The van der Waals surface area contributed by atoms with Crippen LogP contribution in [-0.4, -0.2) is 31.6 Å². The summed E-state index contributed by atoms with van der Waals surface area (Å²) in [7, 11) is -2.79. The first-order valence-electron chi connectivity index (χ1n) is 11.1. The minimum atomic E-state index is -4.06. The third kappa shape index (κ3) is 4.54. The Labute approximate surface area is 203 Å². The average molecular weight is 490 g/mol. The lowest BCUT2D eigenvalue weighted by molar-refractivity contribution is 0.0600. The number of nitrogens with zero attached hydrogens (tertiary/aromatic N) is 2. The summed E-state index contributed by atoms with van der Waals surface area (Å²) >= 11 is 0. The van der Waals surface area contributed by atoms with Crippen molar-refractivity contribution in [1.82, 2.24) is 10.1 Å². The summed E-state index contributed by atoms with van der Waals surface area (Å²) in [6.07, 6.45) is 6.73. The molecule has 0 bridgehead atoms. The molecule has 0 saturated heterocycles. The standard InChI is InChI=1S/C26H23N3O5S/c1-16-23(15-28-34-16)18-7-9-21(20-4-3-11-27-14-20)24(12-18)29-35(31,32)25-13-19(26(30)33-2)8-10-22(25)17-5-6-17/h3-4,7-15,17,29H,5-6H2,1-2H3. The van der Waals surface area contributed by atoms with E-state index in [1.54, 1.807) is 49.8 Å². The van der Waals surface area contributed by atoms with E-state index in [2.05, 4.69) is 14.9 Å². The largest absolute Gasteiger partial charge is 0.465 e. The fourth-order valence-corrected chi connectivity index (χ4v) is 5.48. The number of carbonyl (C=O) groups is 1. The first-order chi connectivity index (χ1) is 16.9. The van der Waals surface area contributed by atoms with Gasteiger partial charge in [0.2, 0.25) is 0 Å². The molecule has 178 valence electrons. The molecule has 35 heavy (non-hydrogen) atoms. The maximum atomic E-state index is 13.8. The van der Waals surface area contributed by atoms with Gasteiger partial charge in [-0.1, -0.05) is 29.4 Å². The van der Waals surface area contributed by atoms with E-state index >= 15 is 0 Å². The summed E-state index contributed by atoms with van der Waals surface area (Å²) in [5.74, 6) is 0.177. The van der Waals surface area contributed by atoms with Gasteiger partial charge in [-0.05, 0) is 61.1 Å². The number of nitrogens with one attached hydrogen (secondary N) is 1. The molecule has 2 aromatic carbocycles. The van der Waals surface area contributed by atoms with Crippen molar-refractivity contribution >= 4 is 21.7 Å². The first-order valence-corrected chi connectivity index (χ1v) is 12.6. The number of rotatable bonds is 7. The molecule has 1 aliphatic carbocycles. The number of esters is 1. The van der Waals surface area contributed by atoms with Crippen molar-refractivity contribution in [2.45, 2.75) is 30.6 Å². The Kier molecular flexibility index (Phi) is 5.86. The number of sulfonamides is 1. The molecule has 0 radical (unpaired) electrons. The average Bonchev–Trinajstić information content (AvgIpc) is 3.63. The summed E-state index contributed by atoms with van der Waals surface area (Å²) < 4.78 is 40.3. The topological polar surface area (TPSA) is 111 Å². The minimum Gasteiger partial charge on any atom is -0.465 e. The van der Waals surface area contributed by atoms with Crippen LogP contribution in [-0.2, 0) is 14.8 Å². The van der Waals surface area contributed by atoms with E-state index in [0.29, 0.717) is 22.6 Å². The fourth-order valence-electron chi connectivity index (χ4n) is 4.09. The van der Waals surface area contributed by atoms with Gasteiger partial charge >= 0.3 is 5.97 Å². The number of aryl methyl sites for hydroxylation is 1. The lowest BCUT2D eigenvalue weighted by Gasteiger charge is -2.17. The van der Waals surface area contributed by atoms with Gasteiger partial charge in [0, 0.05) is 29.1 Å². The van der Waals surface area contributed by atoms with E-state index in [9.17, 15) is 13.2 Å². The molecule has 2 heterocycles. The number of anilines is 1. The van der Waals surface area contributed by atoms with Crippen LogP contribution in [0, 0.1) is 6.92 Å². The molecule has 0 unspecified atom stereocenters. The summed E-state index contributed by atoms with van der Waals surface area (Å²) in [5, 5.41) is 3.84. The molecular weight excluding hydrogens is 466 g/mol. The summed E-state index contributed by atoms with van der Waals surface area (Å²) in [5.41, 5.74) is 4.18. The first kappa shape index (κ1) is 22.8. The maximum Gasteiger partial charge on any atom is 0.337 e. The molecule has 1 fully saturated rings. The van der Waals surface area contributed by atoms with Crippen LogP contribution in [0.1, 0.15) is 40.4 Å². The Balaban J connectivity index is 1.63. The highest BCUT2D eigenvalue weighted by molar-refractivity contribution is 7.92. The van der Waals surface area contributed by atoms with Gasteiger partial charge in [-0.3, -0.25) is 9.71 Å². The fraction of sp³-hybridized carbons (Fsp3) is 0.192. The number of hydrogen-bond acceptors (Lipinski definition) is 7. The highest BCUT2D eigenvalue weighted by atomic mass is 32.2. The number of methoxy groups -OCH3 is 1. The van der Waals surface area contributed by atoms with Crippen LogP contribution in [0.2, 0.25) is 0 Å². The van der Waals surface area contributed by atoms with Gasteiger partial charge in [-0.15, -0.1) is 0 Å². The number of carbonyl (C=O) groups excluding carboxylic acids is 1. The molecule has 1 aliphatic rings. The Morgan fingerprint density at radius 2 is 1.89 bits per heavy atom. The Bertz CT molecular complexity index is 1510. The predicted octanol–water partition coefficient (Wildman–Crippen LogP) is 5.18. The van der Waals surface area contributed by atoms with E-state index in [-0.39, 0.29) is 16.4 Å². The Hall–Kier alpha value is -3.98. The van der Waals surface area contributed by atoms with E-state index in [1.807, 2.05) is 18.2 Å². The molecule has 5 rings (SSSR count). The van der Waals surface area contributed by atoms with Crippen LogP contribution in [0.5, 0.6) is 0 Å². The lowest BCUT2D eigenvalue weighted by atomic mass is 10.00. The molecule has 0 amide bonds. The van der Waals surface area contributed by atoms with Gasteiger partial charge in [0.25, 0.3) is 10.0 Å². The highest BCUT2D eigenvalue weighted by Gasteiger charge is 2.32. The normalized spacial score (nSPS) is 13.4. The zero-order chi connectivity index (χ0) is 24.6. The smallest absolute Gasteiger partial charge is 0.337 e. The van der Waals surface area contributed by atoms with Crippen LogP contribution in [0.3, 0.4) is 0 Å². The molecule has 1 saturated carbocycles. The van der Waals surface area contributed by atoms with Crippen molar-refractivity contribution < 1.29 is 22.5 Å². The molecule has 2 aromatic heterocycles. The molecule has 8 nitrogen and oxygen atoms in total. The van der Waals surface area contributed by atoms with Crippen molar-refractivity contribution in [2.75, 3.05) is 11.8 Å². The van der Waals surface area contributed by atoms with Crippen LogP contribution in [0.25, 0.3) is 22.3 Å². The Morgan fingerprint density at radius 1 is 1.06 bits per heavy atom. The van der Waals surface area contributed by atoms with Gasteiger partial charge in [0.1, 0.15) is 5.76 Å². The molecular formula is C26H23N3O5S. The zero-order valence-electron chi connectivity index (χ0n) is 19.2. The highest BCUT2D eigenvalue weighted by Crippen LogP contribution is 2.44. The summed E-state index contributed by atoms with van der Waals surface area (Å²) in [6.45, 7) is 1.79. The molecule has 0 spiro atoms. The van der Waals surface area contributed by atoms with Gasteiger partial charge in [-0.2, -0.15) is 0 Å². The molecule has 9 heteroatoms. The van der Waals surface area contributed by atoms with E-state index in [0.717, 1.165) is 29.5 Å². The predicted molar refractivity (Wildman–Crippen MR) is 130 cm³/mol. The van der Waals surface area contributed by atoms with E-state index in [1.165, 1.54) is 13.2 Å². The second-order valence-electron chi connectivity index (χ2n) is 8.42. The van der Waals surface area contributed by atoms with Crippen molar-refractivity contribution in [3.8, 4) is 22.3 Å². The number of aromatic nitrogens is 2. The van der Waals surface area contributed by atoms with Crippen molar-refractivity contribution in [3.05, 3.63) is 84.0 Å². The third-order valence-electron chi connectivity index (χ3n) is 6.04. The third-order valence-corrected chi connectivity index (χ3v) is 7.46. The van der Waals surface area contributed by atoms with Gasteiger partial charge < -0.3 is 9.26 Å². The Morgan fingerprint density at radius 3 is 2.54 bits per heavy atom. The lowest BCUT2D eigenvalue weighted by Crippen LogP contribution is -2.17. The summed E-state index contributed by atoms with van der Waals surface area (Å²) in [4.78, 5) is 16.4. The van der Waals surface area contributed by atoms with Crippen molar-refractivity contribution in [2.24, 2.45) is 0 Å². The second-order valence-corrected chi connectivity index (χ2v) is 10.1. The molecule has 0 aliphatic heterocycles. The number of hydrogen-bond donors (Lipinski definition) is 1. The quantitative estimate of drug-likeness (QED) is 0.356. The minimum absolute atomic E-state index is 0.0756. The zero-order valence-corrected chi connectivity index (χ0v) is 20.0.